The minimum absolute atomic E-state index is 0.0203. The number of benzene rings is 1. The number of aliphatic hydroxyl groups excluding tert-OH is 1. The first-order valence-corrected chi connectivity index (χ1v) is 5.83. The van der Waals surface area contributed by atoms with Crippen molar-refractivity contribution in [2.45, 2.75) is 19.1 Å². The maximum absolute atomic E-state index is 11.7. The Labute approximate surface area is 105 Å². The third kappa shape index (κ3) is 3.07. The number of likely N-dealkylation sites (tertiary alicyclic amines) is 1. The van der Waals surface area contributed by atoms with Crippen LogP contribution in [0.15, 0.2) is 30.3 Å². The van der Waals surface area contributed by atoms with Crippen LogP contribution in [-0.2, 0) is 16.1 Å². The molecule has 0 aliphatic carbocycles. The fourth-order valence-corrected chi connectivity index (χ4v) is 1.79. The molecule has 1 N–H and O–H groups in total. The van der Waals surface area contributed by atoms with E-state index >= 15 is 0 Å². The lowest BCUT2D eigenvalue weighted by atomic mass is 10.1. The average Bonchev–Trinajstić information content (AvgIpc) is 2.40. The molecule has 1 aliphatic rings. The number of piperidine rings is 1. The highest BCUT2D eigenvalue weighted by Crippen LogP contribution is 2.09. The fourth-order valence-electron chi connectivity index (χ4n) is 1.79. The van der Waals surface area contributed by atoms with Gasteiger partial charge in [0.2, 0.25) is 0 Å². The lowest BCUT2D eigenvalue weighted by Crippen LogP contribution is -2.47. The van der Waals surface area contributed by atoms with E-state index in [0.717, 1.165) is 5.56 Å². The van der Waals surface area contributed by atoms with Crippen LogP contribution >= 0.6 is 0 Å². The van der Waals surface area contributed by atoms with E-state index in [-0.39, 0.29) is 25.4 Å². The van der Waals surface area contributed by atoms with E-state index in [0.29, 0.717) is 6.54 Å². The molecule has 2 rings (SSSR count). The summed E-state index contributed by atoms with van der Waals surface area (Å²) in [7, 11) is 0. The predicted octanol–water partition coefficient (Wildman–Crippen LogP) is 0.959. The maximum atomic E-state index is 11.7. The molecular formula is C13H15NO4. The molecule has 1 aliphatic heterocycles. The van der Waals surface area contributed by atoms with E-state index in [1.54, 1.807) is 0 Å². The van der Waals surface area contributed by atoms with Gasteiger partial charge >= 0.3 is 6.09 Å². The van der Waals surface area contributed by atoms with Gasteiger partial charge in [0.25, 0.3) is 0 Å². The Balaban J connectivity index is 1.83. The normalized spacial score (nSPS) is 19.7. The standard InChI is InChI=1S/C13H15NO4/c15-11-6-7-14(8-12(11)16)13(17)18-9-10-4-2-1-3-5-10/h1-5,12,16H,6-9H2/t12-/m1/s1. The minimum atomic E-state index is -1.08. The zero-order valence-electron chi connectivity index (χ0n) is 9.91. The molecule has 1 saturated heterocycles. The molecule has 1 aromatic rings. The summed E-state index contributed by atoms with van der Waals surface area (Å²) in [6.45, 7) is 0.524. The van der Waals surface area contributed by atoms with Gasteiger partial charge in [-0.05, 0) is 5.56 Å². The first-order valence-electron chi connectivity index (χ1n) is 5.83. The number of Topliss-reactive ketones (excluding diaryl/α,β-unsaturated/α-hetero) is 1. The molecule has 1 aromatic carbocycles. The molecule has 5 heteroatoms. The topological polar surface area (TPSA) is 66.8 Å². The van der Waals surface area contributed by atoms with Crippen molar-refractivity contribution in [1.29, 1.82) is 0 Å². The van der Waals surface area contributed by atoms with E-state index in [4.69, 9.17) is 4.74 Å². The van der Waals surface area contributed by atoms with Crippen LogP contribution in [0.4, 0.5) is 4.79 Å². The van der Waals surface area contributed by atoms with Crippen molar-refractivity contribution in [3.8, 4) is 0 Å². The van der Waals surface area contributed by atoms with Crippen LogP contribution < -0.4 is 0 Å². The largest absolute Gasteiger partial charge is 0.445 e. The molecule has 1 fully saturated rings. The number of hydrogen-bond donors (Lipinski definition) is 1. The maximum Gasteiger partial charge on any atom is 0.410 e. The molecule has 0 aromatic heterocycles. The quantitative estimate of drug-likeness (QED) is 0.847. The Hall–Kier alpha value is -1.88. The highest BCUT2D eigenvalue weighted by molar-refractivity contribution is 5.85. The van der Waals surface area contributed by atoms with Gasteiger partial charge in [-0.2, -0.15) is 0 Å². The summed E-state index contributed by atoms with van der Waals surface area (Å²) in [6.07, 6.45) is -1.39. The van der Waals surface area contributed by atoms with Crippen LogP contribution in [0.5, 0.6) is 0 Å². The number of carbonyl (C=O) groups excluding carboxylic acids is 2. The molecule has 0 saturated carbocycles. The van der Waals surface area contributed by atoms with Crippen LogP contribution in [0.1, 0.15) is 12.0 Å². The third-order valence-corrected chi connectivity index (χ3v) is 2.86. The smallest absolute Gasteiger partial charge is 0.410 e. The highest BCUT2D eigenvalue weighted by Gasteiger charge is 2.28. The molecule has 0 spiro atoms. The van der Waals surface area contributed by atoms with Crippen LogP contribution in [0.2, 0.25) is 0 Å². The summed E-state index contributed by atoms with van der Waals surface area (Å²) in [5.41, 5.74) is 0.902. The highest BCUT2D eigenvalue weighted by atomic mass is 16.6. The van der Waals surface area contributed by atoms with E-state index in [9.17, 15) is 14.7 Å². The van der Waals surface area contributed by atoms with Crippen molar-refractivity contribution in [3.63, 3.8) is 0 Å². The van der Waals surface area contributed by atoms with Gasteiger partial charge < -0.3 is 14.7 Å². The molecule has 1 amide bonds. The Morgan fingerprint density at radius 1 is 1.39 bits per heavy atom. The van der Waals surface area contributed by atoms with Crippen molar-refractivity contribution >= 4 is 11.9 Å². The van der Waals surface area contributed by atoms with Crippen LogP contribution in [0.25, 0.3) is 0 Å². The second kappa shape index (κ2) is 5.64. The molecule has 0 unspecified atom stereocenters. The second-order valence-electron chi connectivity index (χ2n) is 4.22. The summed E-state index contributed by atoms with van der Waals surface area (Å²) in [4.78, 5) is 24.2. The summed E-state index contributed by atoms with van der Waals surface area (Å²) >= 11 is 0. The number of carbonyl (C=O) groups is 2. The van der Waals surface area contributed by atoms with Crippen molar-refractivity contribution < 1.29 is 19.4 Å². The van der Waals surface area contributed by atoms with E-state index < -0.39 is 12.2 Å². The number of hydrogen-bond acceptors (Lipinski definition) is 4. The molecule has 0 radical (unpaired) electrons. The first-order chi connectivity index (χ1) is 8.66. The Morgan fingerprint density at radius 2 is 2.11 bits per heavy atom. The third-order valence-electron chi connectivity index (χ3n) is 2.86. The van der Waals surface area contributed by atoms with Gasteiger partial charge in [-0.25, -0.2) is 4.79 Å². The monoisotopic (exact) mass is 249 g/mol. The Kier molecular flexibility index (Phi) is 3.94. The van der Waals surface area contributed by atoms with Crippen LogP contribution in [0, 0.1) is 0 Å². The lowest BCUT2D eigenvalue weighted by molar-refractivity contribution is -0.130. The average molecular weight is 249 g/mol. The summed E-state index contributed by atoms with van der Waals surface area (Å²) < 4.78 is 5.12. The molecule has 5 nitrogen and oxygen atoms in total. The SMILES string of the molecule is O=C1CCN(C(=O)OCc2ccccc2)C[C@H]1O. The summed E-state index contributed by atoms with van der Waals surface area (Å²) in [5, 5.41) is 9.38. The van der Waals surface area contributed by atoms with Crippen LogP contribution in [-0.4, -0.2) is 41.1 Å². The van der Waals surface area contributed by atoms with E-state index in [2.05, 4.69) is 0 Å². The zero-order chi connectivity index (χ0) is 13.0. The molecular weight excluding hydrogens is 234 g/mol. The zero-order valence-corrected chi connectivity index (χ0v) is 9.91. The number of rotatable bonds is 2. The van der Waals surface area contributed by atoms with E-state index in [1.807, 2.05) is 30.3 Å². The van der Waals surface area contributed by atoms with Crippen molar-refractivity contribution in [3.05, 3.63) is 35.9 Å². The number of β-amino-alcohol motifs (C(OH)–C–C–N with tert-alkyl or cyclic N) is 1. The molecule has 18 heavy (non-hydrogen) atoms. The lowest BCUT2D eigenvalue weighted by Gasteiger charge is -2.28. The van der Waals surface area contributed by atoms with Gasteiger partial charge in [0, 0.05) is 13.0 Å². The predicted molar refractivity (Wildman–Crippen MR) is 63.8 cm³/mol. The summed E-state index contributed by atoms with van der Waals surface area (Å²) in [6, 6.07) is 9.35. The van der Waals surface area contributed by atoms with Gasteiger partial charge in [-0.15, -0.1) is 0 Å². The van der Waals surface area contributed by atoms with Crippen molar-refractivity contribution in [2.75, 3.05) is 13.1 Å². The molecule has 1 heterocycles. The van der Waals surface area contributed by atoms with Gasteiger partial charge in [-0.3, -0.25) is 4.79 Å². The fraction of sp³-hybridized carbons (Fsp3) is 0.385. The number of aliphatic hydroxyl groups is 1. The van der Waals surface area contributed by atoms with Gasteiger partial charge in [-0.1, -0.05) is 30.3 Å². The van der Waals surface area contributed by atoms with E-state index in [1.165, 1.54) is 4.90 Å². The Morgan fingerprint density at radius 3 is 2.78 bits per heavy atom. The number of amides is 1. The van der Waals surface area contributed by atoms with Crippen molar-refractivity contribution in [1.82, 2.24) is 4.90 Å². The first kappa shape index (κ1) is 12.6. The van der Waals surface area contributed by atoms with Gasteiger partial charge in [0.15, 0.2) is 5.78 Å². The molecule has 1 atom stereocenters. The van der Waals surface area contributed by atoms with Gasteiger partial charge in [0.1, 0.15) is 12.7 Å². The Bertz CT molecular complexity index is 432. The number of ether oxygens (including phenoxy) is 1. The molecule has 96 valence electrons. The van der Waals surface area contributed by atoms with Gasteiger partial charge in [0.05, 0.1) is 6.54 Å². The van der Waals surface area contributed by atoms with Crippen LogP contribution in [0.3, 0.4) is 0 Å². The number of ketones is 1. The molecule has 0 bridgehead atoms. The van der Waals surface area contributed by atoms with Crippen molar-refractivity contribution in [2.24, 2.45) is 0 Å². The number of nitrogens with zero attached hydrogens (tertiary/aromatic N) is 1. The second-order valence-corrected chi connectivity index (χ2v) is 4.22. The minimum Gasteiger partial charge on any atom is -0.445 e. The summed E-state index contributed by atoms with van der Waals surface area (Å²) in [5.74, 6) is -0.220.